The summed E-state index contributed by atoms with van der Waals surface area (Å²) in [6.07, 6.45) is 4.52. The topological polar surface area (TPSA) is 77.5 Å². The Labute approximate surface area is 110 Å². The van der Waals surface area contributed by atoms with Crippen LogP contribution in [0, 0.1) is 0 Å². The van der Waals surface area contributed by atoms with Gasteiger partial charge in [-0.05, 0) is 36.4 Å². The molecule has 1 amide bonds. The third-order valence-corrected chi connectivity index (χ3v) is 2.44. The van der Waals surface area contributed by atoms with Gasteiger partial charge in [-0.2, -0.15) is 0 Å². The number of anilines is 2. The molecule has 1 aromatic carbocycles. The highest BCUT2D eigenvalue weighted by Gasteiger charge is 2.02. The summed E-state index contributed by atoms with van der Waals surface area (Å²) in [5.74, 6) is 0.925. The van der Waals surface area contributed by atoms with Gasteiger partial charge < -0.3 is 20.2 Å². The highest BCUT2D eigenvalue weighted by atomic mass is 16.5. The smallest absolute Gasteiger partial charge is 0.248 e. The number of ether oxygens (including phenoxy) is 1. The van der Waals surface area contributed by atoms with Gasteiger partial charge in [0.15, 0.2) is 0 Å². The zero-order valence-electron chi connectivity index (χ0n) is 10.4. The van der Waals surface area contributed by atoms with E-state index in [1.54, 1.807) is 42.7 Å². The molecule has 0 radical (unpaired) electrons. The van der Waals surface area contributed by atoms with Crippen LogP contribution in [0.5, 0.6) is 5.75 Å². The van der Waals surface area contributed by atoms with Crippen LogP contribution in [0.25, 0.3) is 6.08 Å². The number of hydrogen-bond donors (Lipinski definition) is 2. The van der Waals surface area contributed by atoms with E-state index in [9.17, 15) is 4.79 Å². The van der Waals surface area contributed by atoms with Crippen molar-refractivity contribution in [1.82, 2.24) is 0 Å². The maximum absolute atomic E-state index is 11.7. The lowest BCUT2D eigenvalue weighted by Gasteiger charge is -2.07. The van der Waals surface area contributed by atoms with Gasteiger partial charge in [0, 0.05) is 11.8 Å². The predicted molar refractivity (Wildman–Crippen MR) is 73.8 cm³/mol. The molecule has 0 fully saturated rings. The number of methoxy groups -OCH3 is 1. The molecule has 98 valence electrons. The quantitative estimate of drug-likeness (QED) is 0.652. The first kappa shape index (κ1) is 12.8. The number of carbonyl (C=O) groups excluding carboxylic acids is 1. The van der Waals surface area contributed by atoms with Crippen molar-refractivity contribution in [3.63, 3.8) is 0 Å². The zero-order valence-corrected chi connectivity index (χ0v) is 10.4. The molecule has 1 heterocycles. The maximum Gasteiger partial charge on any atom is 0.248 e. The van der Waals surface area contributed by atoms with Crippen LogP contribution in [0.4, 0.5) is 11.4 Å². The van der Waals surface area contributed by atoms with Crippen molar-refractivity contribution in [3.8, 4) is 5.75 Å². The van der Waals surface area contributed by atoms with Crippen molar-refractivity contribution in [2.75, 3.05) is 18.2 Å². The molecule has 1 aromatic heterocycles. The molecule has 2 rings (SSSR count). The van der Waals surface area contributed by atoms with Gasteiger partial charge >= 0.3 is 0 Å². The Morgan fingerprint density at radius 2 is 2.26 bits per heavy atom. The Bertz CT molecular complexity index is 589. The van der Waals surface area contributed by atoms with E-state index in [2.05, 4.69) is 5.32 Å². The van der Waals surface area contributed by atoms with E-state index < -0.39 is 0 Å². The van der Waals surface area contributed by atoms with E-state index in [0.29, 0.717) is 22.9 Å². The monoisotopic (exact) mass is 258 g/mol. The minimum atomic E-state index is -0.263. The Hall–Kier alpha value is -2.69. The van der Waals surface area contributed by atoms with Crippen LogP contribution >= 0.6 is 0 Å². The summed E-state index contributed by atoms with van der Waals surface area (Å²) in [5, 5.41) is 2.69. The summed E-state index contributed by atoms with van der Waals surface area (Å²) in [7, 11) is 1.54. The van der Waals surface area contributed by atoms with Gasteiger partial charge in [0.2, 0.25) is 5.91 Å². The van der Waals surface area contributed by atoms with Crippen molar-refractivity contribution < 1.29 is 13.9 Å². The molecule has 0 aliphatic heterocycles. The molecule has 19 heavy (non-hydrogen) atoms. The lowest BCUT2D eigenvalue weighted by atomic mass is 10.2. The molecule has 0 spiro atoms. The Morgan fingerprint density at radius 1 is 1.42 bits per heavy atom. The van der Waals surface area contributed by atoms with Gasteiger partial charge in [-0.25, -0.2) is 0 Å². The predicted octanol–water partition coefficient (Wildman–Crippen LogP) is 2.52. The highest BCUT2D eigenvalue weighted by Crippen LogP contribution is 2.24. The minimum Gasteiger partial charge on any atom is -0.495 e. The SMILES string of the molecule is COc1ccc(NC(=O)/C=C/c2ccco2)cc1N. The molecule has 0 saturated heterocycles. The lowest BCUT2D eigenvalue weighted by molar-refractivity contribution is -0.111. The second-order valence-corrected chi connectivity index (χ2v) is 3.79. The van der Waals surface area contributed by atoms with Crippen molar-refractivity contribution in [1.29, 1.82) is 0 Å². The van der Waals surface area contributed by atoms with Gasteiger partial charge in [-0.3, -0.25) is 4.79 Å². The molecule has 0 aliphatic carbocycles. The number of hydrogen-bond acceptors (Lipinski definition) is 4. The van der Waals surface area contributed by atoms with Gasteiger partial charge in [-0.1, -0.05) is 0 Å². The largest absolute Gasteiger partial charge is 0.495 e. The van der Waals surface area contributed by atoms with E-state index in [1.165, 1.54) is 13.2 Å². The summed E-state index contributed by atoms with van der Waals surface area (Å²) in [5.41, 5.74) is 6.82. The molecule has 0 saturated carbocycles. The van der Waals surface area contributed by atoms with Crippen molar-refractivity contribution in [3.05, 3.63) is 48.4 Å². The van der Waals surface area contributed by atoms with Crippen molar-refractivity contribution in [2.24, 2.45) is 0 Å². The number of nitrogens with one attached hydrogen (secondary N) is 1. The average molecular weight is 258 g/mol. The van der Waals surface area contributed by atoms with Crippen LogP contribution in [0.15, 0.2) is 47.1 Å². The van der Waals surface area contributed by atoms with Crippen molar-refractivity contribution in [2.45, 2.75) is 0 Å². The van der Waals surface area contributed by atoms with Gasteiger partial charge in [-0.15, -0.1) is 0 Å². The fourth-order valence-electron chi connectivity index (χ4n) is 1.54. The molecule has 5 nitrogen and oxygen atoms in total. The number of rotatable bonds is 4. The molecule has 2 aromatic rings. The second kappa shape index (κ2) is 5.77. The average Bonchev–Trinajstić information content (AvgIpc) is 2.90. The molecule has 0 aliphatic rings. The maximum atomic E-state index is 11.7. The first-order valence-corrected chi connectivity index (χ1v) is 5.65. The zero-order chi connectivity index (χ0) is 13.7. The van der Waals surface area contributed by atoms with Gasteiger partial charge in [0.25, 0.3) is 0 Å². The second-order valence-electron chi connectivity index (χ2n) is 3.79. The molecule has 0 unspecified atom stereocenters. The number of nitrogens with two attached hydrogens (primary N) is 1. The fourth-order valence-corrected chi connectivity index (χ4v) is 1.54. The molecule has 5 heteroatoms. The third-order valence-electron chi connectivity index (χ3n) is 2.44. The van der Waals surface area contributed by atoms with Crippen LogP contribution < -0.4 is 15.8 Å². The number of carbonyl (C=O) groups is 1. The van der Waals surface area contributed by atoms with E-state index in [0.717, 1.165) is 0 Å². The highest BCUT2D eigenvalue weighted by molar-refractivity contribution is 6.02. The van der Waals surface area contributed by atoms with Crippen LogP contribution in [-0.2, 0) is 4.79 Å². The Balaban J connectivity index is 2.01. The lowest BCUT2D eigenvalue weighted by Crippen LogP contribution is -2.08. The molecular formula is C14H14N2O3. The van der Waals surface area contributed by atoms with Crippen molar-refractivity contribution >= 4 is 23.4 Å². The normalized spacial score (nSPS) is 10.6. The molecule has 0 atom stereocenters. The van der Waals surface area contributed by atoms with Crippen LogP contribution in [0.1, 0.15) is 5.76 Å². The molecular weight excluding hydrogens is 244 g/mol. The van der Waals surface area contributed by atoms with Crippen LogP contribution in [0.2, 0.25) is 0 Å². The Kier molecular flexibility index (Phi) is 3.87. The minimum absolute atomic E-state index is 0.263. The standard InChI is InChI=1S/C14H14N2O3/c1-18-13-6-4-10(9-12(13)15)16-14(17)7-5-11-3-2-8-19-11/h2-9H,15H2,1H3,(H,16,17)/b7-5+. The number of nitrogen functional groups attached to an aromatic ring is 1. The molecule has 3 N–H and O–H groups in total. The number of furan rings is 1. The van der Waals surface area contributed by atoms with E-state index in [-0.39, 0.29) is 5.91 Å². The summed E-state index contributed by atoms with van der Waals surface area (Å²) in [6, 6.07) is 8.56. The number of benzene rings is 1. The first-order chi connectivity index (χ1) is 9.19. The number of amides is 1. The summed E-state index contributed by atoms with van der Waals surface area (Å²) >= 11 is 0. The fraction of sp³-hybridized carbons (Fsp3) is 0.0714. The molecule has 0 bridgehead atoms. The summed E-state index contributed by atoms with van der Waals surface area (Å²) in [4.78, 5) is 11.7. The van der Waals surface area contributed by atoms with E-state index in [4.69, 9.17) is 14.9 Å². The van der Waals surface area contributed by atoms with E-state index in [1.807, 2.05) is 0 Å². The van der Waals surface area contributed by atoms with E-state index >= 15 is 0 Å². The third kappa shape index (κ3) is 3.38. The van der Waals surface area contributed by atoms with Gasteiger partial charge in [0.1, 0.15) is 11.5 Å². The van der Waals surface area contributed by atoms with Crippen LogP contribution in [0.3, 0.4) is 0 Å². The first-order valence-electron chi connectivity index (χ1n) is 5.65. The Morgan fingerprint density at radius 3 is 2.89 bits per heavy atom. The summed E-state index contributed by atoms with van der Waals surface area (Å²) < 4.78 is 10.1. The van der Waals surface area contributed by atoms with Crippen LogP contribution in [-0.4, -0.2) is 13.0 Å². The summed E-state index contributed by atoms with van der Waals surface area (Å²) in [6.45, 7) is 0. The van der Waals surface area contributed by atoms with Gasteiger partial charge in [0.05, 0.1) is 19.1 Å².